The Bertz CT molecular complexity index is 621. The first-order valence-corrected chi connectivity index (χ1v) is 14.0. The molecule has 1 aliphatic carbocycles. The number of aliphatic hydroxyl groups is 1. The molecule has 1 rings (SSSR count). The maximum atomic E-state index is 11.3. The van der Waals surface area contributed by atoms with Crippen LogP contribution in [0.15, 0.2) is 24.3 Å². The van der Waals surface area contributed by atoms with E-state index in [1.165, 1.54) is 13.5 Å². The lowest BCUT2D eigenvalue weighted by molar-refractivity contribution is -0.163. The Labute approximate surface area is 219 Å². The molecule has 0 aromatic rings. The van der Waals surface area contributed by atoms with Crippen molar-refractivity contribution in [1.82, 2.24) is 0 Å². The van der Waals surface area contributed by atoms with Gasteiger partial charge in [-0.05, 0) is 59.3 Å². The predicted molar refractivity (Wildman–Crippen MR) is 142 cm³/mol. The molecule has 0 aromatic carbocycles. The van der Waals surface area contributed by atoms with Crippen molar-refractivity contribution < 1.29 is 33.6 Å². The van der Waals surface area contributed by atoms with E-state index in [0.29, 0.717) is 26.1 Å². The average Bonchev–Trinajstić information content (AvgIpc) is 3.13. The Morgan fingerprint density at radius 3 is 2.42 bits per heavy atom. The zero-order chi connectivity index (χ0) is 26.8. The van der Waals surface area contributed by atoms with E-state index >= 15 is 0 Å². The lowest BCUT2D eigenvalue weighted by atomic mass is 9.89. The van der Waals surface area contributed by atoms with Crippen LogP contribution >= 0.6 is 0 Å². The Morgan fingerprint density at radius 1 is 1.03 bits per heavy atom. The van der Waals surface area contributed by atoms with Gasteiger partial charge in [-0.3, -0.25) is 4.79 Å². The molecule has 0 spiro atoms. The minimum atomic E-state index is -0.458. The van der Waals surface area contributed by atoms with Gasteiger partial charge in [0.25, 0.3) is 0 Å². The fraction of sp³-hybridized carbons (Fsp3) is 0.828. The molecule has 1 fully saturated rings. The molecular weight excluding hydrogens is 460 g/mol. The summed E-state index contributed by atoms with van der Waals surface area (Å²) in [6.07, 6.45) is 15.0. The Kier molecular flexibility index (Phi) is 18.0. The molecule has 0 amide bonds. The molecule has 0 heterocycles. The van der Waals surface area contributed by atoms with Crippen LogP contribution in [-0.4, -0.2) is 62.3 Å². The van der Waals surface area contributed by atoms with Crippen molar-refractivity contribution in [3.05, 3.63) is 24.3 Å². The van der Waals surface area contributed by atoms with Gasteiger partial charge >= 0.3 is 5.97 Å². The zero-order valence-corrected chi connectivity index (χ0v) is 23.5. The van der Waals surface area contributed by atoms with Crippen molar-refractivity contribution in [1.29, 1.82) is 0 Å². The van der Waals surface area contributed by atoms with E-state index in [0.717, 1.165) is 38.5 Å². The van der Waals surface area contributed by atoms with Gasteiger partial charge < -0.3 is 28.8 Å². The Morgan fingerprint density at radius 2 is 1.75 bits per heavy atom. The first-order chi connectivity index (χ1) is 17.4. The second kappa shape index (κ2) is 19.8. The van der Waals surface area contributed by atoms with Crippen LogP contribution in [0.25, 0.3) is 0 Å². The van der Waals surface area contributed by atoms with Crippen LogP contribution in [0.4, 0.5) is 0 Å². The number of carbonyl (C=O) groups excluding carboxylic acids is 1. The lowest BCUT2D eigenvalue weighted by Gasteiger charge is -2.26. The summed E-state index contributed by atoms with van der Waals surface area (Å²) in [4.78, 5) is 11.3. The summed E-state index contributed by atoms with van der Waals surface area (Å²) in [6, 6.07) is 0. The summed E-state index contributed by atoms with van der Waals surface area (Å²) in [5, 5.41) is 10.9. The summed E-state index contributed by atoms with van der Waals surface area (Å²) >= 11 is 0. The SMILES string of the molecule is CCCCC[C@H](/C=C/[C@@H]1[C@H](C/C=C\CCCC(=O)OC)[C@@H](O)C[C@H]1OC(C)OCC)OC(C)OCC. The normalized spacial score (nSPS) is 25.0. The summed E-state index contributed by atoms with van der Waals surface area (Å²) in [5.74, 6) is -0.0996. The minimum Gasteiger partial charge on any atom is -0.469 e. The highest BCUT2D eigenvalue weighted by atomic mass is 16.7. The lowest BCUT2D eigenvalue weighted by Crippen LogP contribution is -2.27. The minimum absolute atomic E-state index is 0.0394. The highest BCUT2D eigenvalue weighted by Crippen LogP contribution is 2.39. The first kappa shape index (κ1) is 32.8. The van der Waals surface area contributed by atoms with E-state index < -0.39 is 6.10 Å². The molecule has 36 heavy (non-hydrogen) atoms. The fourth-order valence-corrected chi connectivity index (χ4v) is 4.76. The highest BCUT2D eigenvalue weighted by molar-refractivity contribution is 5.69. The van der Waals surface area contributed by atoms with Gasteiger partial charge in [-0.25, -0.2) is 0 Å². The van der Waals surface area contributed by atoms with Crippen molar-refractivity contribution in [3.8, 4) is 0 Å². The third-order valence-electron chi connectivity index (χ3n) is 6.62. The molecule has 0 radical (unpaired) electrons. The van der Waals surface area contributed by atoms with Gasteiger partial charge in [0.15, 0.2) is 12.6 Å². The highest BCUT2D eigenvalue weighted by Gasteiger charge is 2.42. The number of hydrogen-bond acceptors (Lipinski definition) is 7. The third kappa shape index (κ3) is 13.3. The number of allylic oxidation sites excluding steroid dienone is 2. The molecule has 7 heteroatoms. The molecule has 2 unspecified atom stereocenters. The van der Waals surface area contributed by atoms with Crippen LogP contribution in [0.1, 0.15) is 92.4 Å². The maximum Gasteiger partial charge on any atom is 0.305 e. The van der Waals surface area contributed by atoms with Crippen molar-refractivity contribution in [2.24, 2.45) is 11.8 Å². The topological polar surface area (TPSA) is 83.5 Å². The van der Waals surface area contributed by atoms with Crippen molar-refractivity contribution >= 4 is 5.97 Å². The van der Waals surface area contributed by atoms with Crippen LogP contribution < -0.4 is 0 Å². The van der Waals surface area contributed by atoms with Gasteiger partial charge in [-0.15, -0.1) is 0 Å². The van der Waals surface area contributed by atoms with Gasteiger partial charge in [0.1, 0.15) is 0 Å². The van der Waals surface area contributed by atoms with Crippen LogP contribution in [0.2, 0.25) is 0 Å². The summed E-state index contributed by atoms with van der Waals surface area (Å²) in [6.45, 7) is 11.2. The number of ether oxygens (including phenoxy) is 5. The third-order valence-corrected chi connectivity index (χ3v) is 6.62. The van der Waals surface area contributed by atoms with Gasteiger partial charge in [0, 0.05) is 32.0 Å². The number of methoxy groups -OCH3 is 1. The van der Waals surface area contributed by atoms with Crippen molar-refractivity contribution in [2.75, 3.05) is 20.3 Å². The molecule has 7 nitrogen and oxygen atoms in total. The van der Waals surface area contributed by atoms with Gasteiger partial charge in [0.05, 0.1) is 25.4 Å². The monoisotopic (exact) mass is 512 g/mol. The molecule has 1 aliphatic rings. The van der Waals surface area contributed by atoms with Crippen LogP contribution in [0.3, 0.4) is 0 Å². The van der Waals surface area contributed by atoms with E-state index in [2.05, 4.69) is 31.2 Å². The fourth-order valence-electron chi connectivity index (χ4n) is 4.76. The Balaban J connectivity index is 2.92. The number of rotatable bonds is 20. The van der Waals surface area contributed by atoms with Crippen molar-refractivity contribution in [3.63, 3.8) is 0 Å². The van der Waals surface area contributed by atoms with E-state index in [1.54, 1.807) is 0 Å². The smallest absolute Gasteiger partial charge is 0.305 e. The molecule has 0 aromatic heterocycles. The summed E-state index contributed by atoms with van der Waals surface area (Å²) in [5.41, 5.74) is 0. The first-order valence-electron chi connectivity index (χ1n) is 14.0. The maximum absolute atomic E-state index is 11.3. The van der Waals surface area contributed by atoms with E-state index in [-0.39, 0.29) is 42.6 Å². The predicted octanol–water partition coefficient (Wildman–Crippen LogP) is 5.94. The number of aliphatic hydroxyl groups excluding tert-OH is 1. The molecule has 1 saturated carbocycles. The van der Waals surface area contributed by atoms with Gasteiger partial charge in [-0.2, -0.15) is 0 Å². The molecule has 0 aliphatic heterocycles. The number of carbonyl (C=O) groups is 1. The van der Waals surface area contributed by atoms with Gasteiger partial charge in [-0.1, -0.05) is 50.5 Å². The average molecular weight is 513 g/mol. The molecule has 0 saturated heterocycles. The number of hydrogen-bond donors (Lipinski definition) is 1. The summed E-state index contributed by atoms with van der Waals surface area (Å²) in [7, 11) is 1.41. The Hall–Kier alpha value is -1.25. The van der Waals surface area contributed by atoms with Crippen molar-refractivity contribution in [2.45, 2.75) is 123 Å². The standard InChI is InChI=1S/C29H52O7/c1-7-10-13-16-24(35-22(4)33-8-2)19-20-26-25(17-14-11-12-15-18-29(31)32-6)27(30)21-28(26)36-23(5)34-9-3/h11,14,19-20,22-28,30H,7-10,12-13,15-18,21H2,1-6H3/b14-11-,20-19+/t22?,23?,24-,25+,26-,27+,28-/m1/s1. The van der Waals surface area contributed by atoms with E-state index in [9.17, 15) is 9.90 Å². The molecule has 7 atom stereocenters. The zero-order valence-electron chi connectivity index (χ0n) is 23.5. The molecular formula is C29H52O7. The molecule has 0 bridgehead atoms. The van der Waals surface area contributed by atoms with E-state index in [1.807, 2.05) is 27.7 Å². The van der Waals surface area contributed by atoms with E-state index in [4.69, 9.17) is 23.7 Å². The van der Waals surface area contributed by atoms with Crippen LogP contribution in [-0.2, 0) is 28.5 Å². The molecule has 1 N–H and O–H groups in total. The van der Waals surface area contributed by atoms with Gasteiger partial charge in [0.2, 0.25) is 0 Å². The number of esters is 1. The second-order valence-electron chi connectivity index (χ2n) is 9.50. The second-order valence-corrected chi connectivity index (χ2v) is 9.50. The van der Waals surface area contributed by atoms with Crippen LogP contribution in [0.5, 0.6) is 0 Å². The summed E-state index contributed by atoms with van der Waals surface area (Å²) < 4.78 is 28.3. The quantitative estimate of drug-likeness (QED) is 0.0934. The van der Waals surface area contributed by atoms with Crippen LogP contribution in [0, 0.1) is 11.8 Å². The molecule has 210 valence electrons. The largest absolute Gasteiger partial charge is 0.469 e. The number of unbranched alkanes of at least 4 members (excludes halogenated alkanes) is 3.